The van der Waals surface area contributed by atoms with E-state index in [1.807, 2.05) is 12.1 Å². The van der Waals surface area contributed by atoms with Gasteiger partial charge in [0.05, 0.1) is 18.5 Å². The number of fused-ring (bicyclic) bond motifs is 1. The summed E-state index contributed by atoms with van der Waals surface area (Å²) in [4.78, 5) is 26.2. The lowest BCUT2D eigenvalue weighted by atomic mass is 9.76. The molecule has 2 amide bonds. The van der Waals surface area contributed by atoms with Gasteiger partial charge in [-0.15, -0.1) is 0 Å². The first kappa shape index (κ1) is 14.4. The van der Waals surface area contributed by atoms with Crippen molar-refractivity contribution in [1.29, 1.82) is 0 Å². The maximum Gasteiger partial charge on any atom is 0.234 e. The van der Waals surface area contributed by atoms with Gasteiger partial charge in [0.2, 0.25) is 11.8 Å². The average molecular weight is 307 g/mol. The number of benzene rings is 1. The van der Waals surface area contributed by atoms with Gasteiger partial charge in [-0.25, -0.2) is 0 Å². The molecule has 1 N–H and O–H groups in total. The van der Waals surface area contributed by atoms with Crippen molar-refractivity contribution in [1.82, 2.24) is 4.90 Å². The summed E-state index contributed by atoms with van der Waals surface area (Å²) in [5.74, 6) is 0.276. The van der Waals surface area contributed by atoms with Crippen LogP contribution in [-0.2, 0) is 9.59 Å². The molecule has 0 aromatic heterocycles. The van der Waals surface area contributed by atoms with Crippen molar-refractivity contribution in [2.24, 2.45) is 17.8 Å². The molecule has 21 heavy (non-hydrogen) atoms. The summed E-state index contributed by atoms with van der Waals surface area (Å²) in [6.07, 6.45) is 2.71. The second-order valence-electron chi connectivity index (χ2n) is 6.08. The Labute approximate surface area is 129 Å². The van der Waals surface area contributed by atoms with Crippen LogP contribution in [0.2, 0.25) is 5.02 Å². The van der Waals surface area contributed by atoms with Gasteiger partial charge in [-0.05, 0) is 43.4 Å². The largest absolute Gasteiger partial charge is 0.367 e. The second kappa shape index (κ2) is 5.68. The number of anilines is 1. The fraction of sp³-hybridized carbons (Fsp3) is 0.500. The molecule has 0 bridgehead atoms. The van der Waals surface area contributed by atoms with E-state index in [0.717, 1.165) is 24.9 Å². The highest BCUT2D eigenvalue weighted by molar-refractivity contribution is 6.30. The van der Waals surface area contributed by atoms with Crippen LogP contribution in [0, 0.1) is 17.8 Å². The van der Waals surface area contributed by atoms with E-state index in [0.29, 0.717) is 10.9 Å². The van der Waals surface area contributed by atoms with Crippen LogP contribution in [-0.4, -0.2) is 23.4 Å². The number of imide groups is 1. The van der Waals surface area contributed by atoms with Gasteiger partial charge < -0.3 is 5.32 Å². The Morgan fingerprint density at radius 2 is 2.00 bits per heavy atom. The number of carbonyl (C=O) groups is 2. The highest BCUT2D eigenvalue weighted by Gasteiger charge is 2.49. The van der Waals surface area contributed by atoms with Crippen molar-refractivity contribution in [3.63, 3.8) is 0 Å². The Morgan fingerprint density at radius 1 is 1.24 bits per heavy atom. The highest BCUT2D eigenvalue weighted by atomic mass is 35.5. The molecular weight excluding hydrogens is 288 g/mol. The first-order valence-electron chi connectivity index (χ1n) is 7.41. The van der Waals surface area contributed by atoms with Gasteiger partial charge >= 0.3 is 0 Å². The van der Waals surface area contributed by atoms with Crippen molar-refractivity contribution in [2.45, 2.75) is 26.2 Å². The van der Waals surface area contributed by atoms with E-state index in [1.165, 1.54) is 4.90 Å². The number of halogens is 1. The predicted octanol–water partition coefficient (Wildman–Crippen LogP) is 3.13. The topological polar surface area (TPSA) is 49.4 Å². The van der Waals surface area contributed by atoms with Crippen molar-refractivity contribution in [2.75, 3.05) is 12.0 Å². The molecule has 3 atom stereocenters. The maximum atomic E-state index is 12.4. The summed E-state index contributed by atoms with van der Waals surface area (Å²) in [5, 5.41) is 3.74. The molecule has 1 heterocycles. The van der Waals surface area contributed by atoms with Crippen molar-refractivity contribution in [3.8, 4) is 0 Å². The zero-order valence-corrected chi connectivity index (χ0v) is 12.8. The zero-order valence-electron chi connectivity index (χ0n) is 12.0. The van der Waals surface area contributed by atoms with Gasteiger partial charge in [-0.2, -0.15) is 0 Å². The standard InChI is InChI=1S/C16H19ClN2O2/c1-10-5-6-13-14(7-10)16(21)19(15(13)20)9-18-12-4-2-3-11(17)8-12/h2-4,8,10,13-14,18H,5-7,9H2,1H3/t10-,13-,14+/m1/s1. The Hall–Kier alpha value is -1.55. The molecule has 5 heteroatoms. The fourth-order valence-electron chi connectivity index (χ4n) is 3.38. The second-order valence-corrected chi connectivity index (χ2v) is 6.52. The van der Waals surface area contributed by atoms with Gasteiger partial charge in [0.25, 0.3) is 0 Å². The molecule has 3 rings (SSSR count). The number of amides is 2. The van der Waals surface area contributed by atoms with Crippen LogP contribution in [0.3, 0.4) is 0 Å². The average Bonchev–Trinajstić information content (AvgIpc) is 2.69. The summed E-state index contributed by atoms with van der Waals surface area (Å²) in [7, 11) is 0. The Kier molecular flexibility index (Phi) is 3.89. The molecule has 1 aliphatic heterocycles. The van der Waals surface area contributed by atoms with Crippen LogP contribution in [0.15, 0.2) is 24.3 Å². The number of hydrogen-bond donors (Lipinski definition) is 1. The van der Waals surface area contributed by atoms with Gasteiger partial charge in [0, 0.05) is 10.7 Å². The van der Waals surface area contributed by atoms with Gasteiger partial charge in [0.1, 0.15) is 0 Å². The van der Waals surface area contributed by atoms with Crippen LogP contribution in [0.25, 0.3) is 0 Å². The van der Waals surface area contributed by atoms with Crippen LogP contribution in [0.1, 0.15) is 26.2 Å². The molecule has 4 nitrogen and oxygen atoms in total. The number of hydrogen-bond acceptors (Lipinski definition) is 3. The van der Waals surface area contributed by atoms with Gasteiger partial charge in [-0.1, -0.05) is 24.6 Å². The fourth-order valence-corrected chi connectivity index (χ4v) is 3.57. The molecule has 1 aliphatic carbocycles. The monoisotopic (exact) mass is 306 g/mol. The van der Waals surface area contributed by atoms with E-state index >= 15 is 0 Å². The molecule has 0 radical (unpaired) electrons. The maximum absolute atomic E-state index is 12.4. The molecule has 1 saturated heterocycles. The molecular formula is C16H19ClN2O2. The number of rotatable bonds is 3. The summed E-state index contributed by atoms with van der Waals surface area (Å²) >= 11 is 5.93. The summed E-state index contributed by atoms with van der Waals surface area (Å²) < 4.78 is 0. The van der Waals surface area contributed by atoms with E-state index < -0.39 is 0 Å². The van der Waals surface area contributed by atoms with Gasteiger partial charge in [0.15, 0.2) is 0 Å². The molecule has 1 saturated carbocycles. The molecule has 1 aromatic carbocycles. The molecule has 0 spiro atoms. The predicted molar refractivity (Wildman–Crippen MR) is 81.8 cm³/mol. The van der Waals surface area contributed by atoms with Crippen LogP contribution < -0.4 is 5.32 Å². The van der Waals surface area contributed by atoms with Crippen LogP contribution in [0.4, 0.5) is 5.69 Å². The number of nitrogens with one attached hydrogen (secondary N) is 1. The van der Waals surface area contributed by atoms with Gasteiger partial charge in [-0.3, -0.25) is 14.5 Å². The molecule has 2 aliphatic rings. The third-order valence-corrected chi connectivity index (χ3v) is 4.78. The van der Waals surface area contributed by atoms with E-state index in [-0.39, 0.29) is 30.3 Å². The Morgan fingerprint density at radius 3 is 2.76 bits per heavy atom. The number of likely N-dealkylation sites (tertiary alicyclic amines) is 1. The molecule has 2 fully saturated rings. The van der Waals surface area contributed by atoms with Crippen molar-refractivity contribution < 1.29 is 9.59 Å². The molecule has 0 unspecified atom stereocenters. The summed E-state index contributed by atoms with van der Waals surface area (Å²) in [6, 6.07) is 7.27. The van der Waals surface area contributed by atoms with Crippen LogP contribution in [0.5, 0.6) is 0 Å². The molecule has 112 valence electrons. The minimum Gasteiger partial charge on any atom is -0.367 e. The zero-order chi connectivity index (χ0) is 15.0. The van der Waals surface area contributed by atoms with E-state index in [4.69, 9.17) is 11.6 Å². The Balaban J connectivity index is 1.68. The van der Waals surface area contributed by atoms with Crippen molar-refractivity contribution >= 4 is 29.1 Å². The highest BCUT2D eigenvalue weighted by Crippen LogP contribution is 2.40. The molecule has 1 aromatic rings. The lowest BCUT2D eigenvalue weighted by Crippen LogP contribution is -2.35. The quantitative estimate of drug-likeness (QED) is 0.873. The third-order valence-electron chi connectivity index (χ3n) is 4.54. The lowest BCUT2D eigenvalue weighted by molar-refractivity contribution is -0.139. The minimum atomic E-state index is -0.109. The first-order chi connectivity index (χ1) is 10.1. The number of carbonyl (C=O) groups excluding carboxylic acids is 2. The Bertz CT molecular complexity index is 575. The first-order valence-corrected chi connectivity index (χ1v) is 7.78. The van der Waals surface area contributed by atoms with Crippen molar-refractivity contribution in [3.05, 3.63) is 29.3 Å². The SMILES string of the molecule is C[C@@H]1CC[C@H]2C(=O)N(CNc3cccc(Cl)c3)C(=O)[C@H]2C1. The lowest BCUT2D eigenvalue weighted by Gasteiger charge is -2.25. The van der Waals surface area contributed by atoms with Crippen LogP contribution >= 0.6 is 11.6 Å². The summed E-state index contributed by atoms with van der Waals surface area (Å²) in [6.45, 7) is 2.38. The van der Waals surface area contributed by atoms with E-state index in [9.17, 15) is 9.59 Å². The minimum absolute atomic E-state index is 0.0218. The third kappa shape index (κ3) is 2.77. The smallest absolute Gasteiger partial charge is 0.234 e. The number of nitrogens with zero attached hydrogens (tertiary/aromatic N) is 1. The van der Waals surface area contributed by atoms with E-state index in [2.05, 4.69) is 12.2 Å². The van der Waals surface area contributed by atoms with E-state index in [1.54, 1.807) is 12.1 Å². The summed E-state index contributed by atoms with van der Waals surface area (Å²) in [5.41, 5.74) is 0.811. The normalized spacial score (nSPS) is 28.7.